The summed E-state index contributed by atoms with van der Waals surface area (Å²) in [6, 6.07) is 0. The molecule has 3 heteroatoms. The second-order valence-corrected chi connectivity index (χ2v) is 5.70. The molecule has 2 nitrogen and oxygen atoms in total. The molecule has 0 N–H and O–H groups in total. The van der Waals surface area contributed by atoms with Gasteiger partial charge in [0.05, 0.1) is 0 Å². The van der Waals surface area contributed by atoms with Gasteiger partial charge in [-0.15, -0.1) is 11.6 Å². The number of halogens is 1. The largest absolute Gasteiger partial charge is 0.309 e. The van der Waals surface area contributed by atoms with E-state index in [1.165, 1.54) is 45.4 Å². The van der Waals surface area contributed by atoms with Gasteiger partial charge in [-0.25, -0.2) is 0 Å². The van der Waals surface area contributed by atoms with Crippen molar-refractivity contribution in [2.45, 2.75) is 31.6 Å². The summed E-state index contributed by atoms with van der Waals surface area (Å²) in [7, 11) is 4.28. The first kappa shape index (κ1) is 13.3. The van der Waals surface area contributed by atoms with E-state index < -0.39 is 0 Å². The topological polar surface area (TPSA) is 6.48 Å². The van der Waals surface area contributed by atoms with Gasteiger partial charge in [0, 0.05) is 5.38 Å². The number of hydrogen-bond acceptors (Lipinski definition) is 2. The van der Waals surface area contributed by atoms with E-state index in [0.717, 1.165) is 5.92 Å². The molecule has 0 bridgehead atoms. The van der Waals surface area contributed by atoms with Crippen LogP contribution >= 0.6 is 11.6 Å². The number of alkyl halides is 1. The minimum atomic E-state index is 0.355. The van der Waals surface area contributed by atoms with Crippen molar-refractivity contribution in [1.29, 1.82) is 0 Å². The molecule has 1 aliphatic rings. The highest BCUT2D eigenvalue weighted by Gasteiger charge is 2.21. The molecule has 0 aromatic carbocycles. The summed E-state index contributed by atoms with van der Waals surface area (Å²) in [5.41, 5.74) is 0. The quantitative estimate of drug-likeness (QED) is 0.672. The third kappa shape index (κ3) is 5.19. The molecule has 0 aromatic rings. The third-order valence-corrected chi connectivity index (χ3v) is 3.72. The SMILES string of the molecule is CC(Cl)C1CCN(CCCN(C)C)CC1. The lowest BCUT2D eigenvalue weighted by atomic mass is 9.94. The zero-order chi connectivity index (χ0) is 11.3. The zero-order valence-electron chi connectivity index (χ0n) is 10.4. The minimum Gasteiger partial charge on any atom is -0.309 e. The number of piperidine rings is 1. The van der Waals surface area contributed by atoms with E-state index in [1.807, 2.05) is 0 Å². The molecule has 1 aliphatic heterocycles. The second kappa shape index (κ2) is 6.72. The van der Waals surface area contributed by atoms with Crippen LogP contribution in [0.1, 0.15) is 26.2 Å². The molecule has 0 spiro atoms. The Hall–Kier alpha value is 0.210. The maximum Gasteiger partial charge on any atom is 0.0337 e. The van der Waals surface area contributed by atoms with Crippen molar-refractivity contribution < 1.29 is 0 Å². The van der Waals surface area contributed by atoms with Gasteiger partial charge in [-0.05, 0) is 72.4 Å². The van der Waals surface area contributed by atoms with Crippen molar-refractivity contribution in [3.8, 4) is 0 Å². The number of rotatable bonds is 5. The van der Waals surface area contributed by atoms with Crippen LogP contribution in [0.2, 0.25) is 0 Å². The summed E-state index contributed by atoms with van der Waals surface area (Å²) in [5.74, 6) is 0.747. The van der Waals surface area contributed by atoms with Crippen LogP contribution in [0.15, 0.2) is 0 Å². The molecular formula is C12H25ClN2. The van der Waals surface area contributed by atoms with Crippen LogP contribution in [0.3, 0.4) is 0 Å². The molecule has 0 aromatic heterocycles. The lowest BCUT2D eigenvalue weighted by Gasteiger charge is -2.33. The number of nitrogens with zero attached hydrogens (tertiary/aromatic N) is 2. The van der Waals surface area contributed by atoms with Crippen LogP contribution in [0.25, 0.3) is 0 Å². The van der Waals surface area contributed by atoms with Crippen LogP contribution < -0.4 is 0 Å². The molecule has 0 saturated carbocycles. The van der Waals surface area contributed by atoms with Crippen molar-refractivity contribution in [3.63, 3.8) is 0 Å². The van der Waals surface area contributed by atoms with E-state index in [-0.39, 0.29) is 0 Å². The molecule has 1 saturated heterocycles. The smallest absolute Gasteiger partial charge is 0.0337 e. The Morgan fingerprint density at radius 2 is 1.93 bits per heavy atom. The van der Waals surface area contributed by atoms with Crippen LogP contribution in [-0.2, 0) is 0 Å². The summed E-state index contributed by atoms with van der Waals surface area (Å²) in [6.07, 6.45) is 3.85. The maximum absolute atomic E-state index is 6.13. The molecule has 90 valence electrons. The van der Waals surface area contributed by atoms with E-state index in [9.17, 15) is 0 Å². The van der Waals surface area contributed by atoms with Crippen molar-refractivity contribution in [2.24, 2.45) is 5.92 Å². The Balaban J connectivity index is 2.09. The van der Waals surface area contributed by atoms with E-state index in [2.05, 4.69) is 30.8 Å². The fourth-order valence-corrected chi connectivity index (χ4v) is 2.50. The standard InChI is InChI=1S/C12H25ClN2/c1-11(13)12-5-9-15(10-6-12)8-4-7-14(2)3/h11-12H,4-10H2,1-3H3. The monoisotopic (exact) mass is 232 g/mol. The Morgan fingerprint density at radius 1 is 1.33 bits per heavy atom. The molecule has 1 heterocycles. The highest BCUT2D eigenvalue weighted by Crippen LogP contribution is 2.23. The van der Waals surface area contributed by atoms with Crippen LogP contribution in [0, 0.1) is 5.92 Å². The predicted octanol–water partition coefficient (Wildman–Crippen LogP) is 2.28. The predicted molar refractivity (Wildman–Crippen MR) is 67.7 cm³/mol. The normalized spacial score (nSPS) is 22.2. The summed E-state index contributed by atoms with van der Waals surface area (Å²) in [6.45, 7) is 7.08. The molecule has 1 unspecified atom stereocenters. The summed E-state index contributed by atoms with van der Waals surface area (Å²) >= 11 is 6.13. The van der Waals surface area contributed by atoms with Gasteiger partial charge in [0.2, 0.25) is 0 Å². The lowest BCUT2D eigenvalue weighted by molar-refractivity contribution is 0.177. The van der Waals surface area contributed by atoms with Crippen molar-refractivity contribution in [2.75, 3.05) is 40.3 Å². The van der Waals surface area contributed by atoms with E-state index in [0.29, 0.717) is 5.38 Å². The fraction of sp³-hybridized carbons (Fsp3) is 1.00. The lowest BCUT2D eigenvalue weighted by Crippen LogP contribution is -2.37. The molecule has 15 heavy (non-hydrogen) atoms. The van der Waals surface area contributed by atoms with E-state index >= 15 is 0 Å². The van der Waals surface area contributed by atoms with Gasteiger partial charge in [0.25, 0.3) is 0 Å². The minimum absolute atomic E-state index is 0.355. The molecule has 1 atom stereocenters. The molecule has 0 radical (unpaired) electrons. The van der Waals surface area contributed by atoms with E-state index in [1.54, 1.807) is 0 Å². The first-order valence-electron chi connectivity index (χ1n) is 6.10. The molecular weight excluding hydrogens is 208 g/mol. The van der Waals surface area contributed by atoms with Gasteiger partial charge in [-0.3, -0.25) is 0 Å². The Kier molecular flexibility index (Phi) is 5.95. The van der Waals surface area contributed by atoms with Crippen molar-refractivity contribution in [3.05, 3.63) is 0 Å². The Morgan fingerprint density at radius 3 is 2.40 bits per heavy atom. The van der Waals surface area contributed by atoms with Crippen LogP contribution in [-0.4, -0.2) is 55.5 Å². The highest BCUT2D eigenvalue weighted by atomic mass is 35.5. The number of likely N-dealkylation sites (tertiary alicyclic amines) is 1. The highest BCUT2D eigenvalue weighted by molar-refractivity contribution is 6.20. The third-order valence-electron chi connectivity index (χ3n) is 3.36. The molecule has 1 fully saturated rings. The molecule has 0 amide bonds. The second-order valence-electron chi connectivity index (χ2n) is 5.01. The molecule has 1 rings (SSSR count). The van der Waals surface area contributed by atoms with Gasteiger partial charge >= 0.3 is 0 Å². The Bertz CT molecular complexity index is 160. The summed E-state index contributed by atoms with van der Waals surface area (Å²) < 4.78 is 0. The average Bonchev–Trinajstić information content (AvgIpc) is 2.18. The van der Waals surface area contributed by atoms with Gasteiger partial charge in [0.1, 0.15) is 0 Å². The van der Waals surface area contributed by atoms with Gasteiger partial charge < -0.3 is 9.80 Å². The fourth-order valence-electron chi connectivity index (χ4n) is 2.25. The van der Waals surface area contributed by atoms with Gasteiger partial charge in [-0.2, -0.15) is 0 Å². The van der Waals surface area contributed by atoms with Gasteiger partial charge in [0.15, 0.2) is 0 Å². The van der Waals surface area contributed by atoms with Crippen molar-refractivity contribution >= 4 is 11.6 Å². The average molecular weight is 233 g/mol. The Labute approximate surface area is 99.6 Å². The zero-order valence-corrected chi connectivity index (χ0v) is 11.1. The van der Waals surface area contributed by atoms with E-state index in [4.69, 9.17) is 11.6 Å². The summed E-state index contributed by atoms with van der Waals surface area (Å²) in [5, 5.41) is 0.355. The van der Waals surface area contributed by atoms with Crippen LogP contribution in [0.5, 0.6) is 0 Å². The first-order chi connectivity index (χ1) is 7.09. The number of hydrogen-bond donors (Lipinski definition) is 0. The summed E-state index contributed by atoms with van der Waals surface area (Å²) in [4.78, 5) is 4.84. The van der Waals surface area contributed by atoms with Gasteiger partial charge in [-0.1, -0.05) is 0 Å². The van der Waals surface area contributed by atoms with Crippen molar-refractivity contribution in [1.82, 2.24) is 9.80 Å². The van der Waals surface area contributed by atoms with Crippen LogP contribution in [0.4, 0.5) is 0 Å². The first-order valence-corrected chi connectivity index (χ1v) is 6.54. The molecule has 0 aliphatic carbocycles. The maximum atomic E-state index is 6.13.